The number of carbonyl (C=O) groups excluding carboxylic acids is 1. The van der Waals surface area contributed by atoms with Crippen LogP contribution in [0.1, 0.15) is 25.3 Å². The molecule has 0 saturated carbocycles. The average Bonchev–Trinajstić information content (AvgIpc) is 2.54. The van der Waals surface area contributed by atoms with Gasteiger partial charge >= 0.3 is 0 Å². The van der Waals surface area contributed by atoms with E-state index in [0.29, 0.717) is 11.8 Å². The van der Waals surface area contributed by atoms with Gasteiger partial charge in [0.2, 0.25) is 5.91 Å². The summed E-state index contributed by atoms with van der Waals surface area (Å²) in [5.74, 6) is 1.25. The molecule has 1 heterocycles. The van der Waals surface area contributed by atoms with Crippen LogP contribution in [-0.4, -0.2) is 62.1 Å². The highest BCUT2D eigenvalue weighted by Gasteiger charge is 2.24. The molecule has 0 bridgehead atoms. The van der Waals surface area contributed by atoms with Crippen molar-refractivity contribution in [2.75, 3.05) is 46.4 Å². The molecule has 22 heavy (non-hydrogen) atoms. The highest BCUT2D eigenvalue weighted by Crippen LogP contribution is 2.25. The molecule has 1 aliphatic heterocycles. The predicted octanol–water partition coefficient (Wildman–Crippen LogP) is 2.22. The van der Waals surface area contributed by atoms with Crippen molar-refractivity contribution in [3.63, 3.8) is 0 Å². The Kier molecular flexibility index (Phi) is 6.40. The molecule has 0 N–H and O–H groups in total. The summed E-state index contributed by atoms with van der Waals surface area (Å²) in [5.41, 5.74) is 1.41. The number of carbonyl (C=O) groups is 1. The van der Waals surface area contributed by atoms with Gasteiger partial charge in [0.05, 0.1) is 0 Å². The molecule has 1 saturated heterocycles. The van der Waals surface area contributed by atoms with Crippen molar-refractivity contribution in [1.29, 1.82) is 0 Å². The zero-order valence-corrected chi connectivity index (χ0v) is 14.0. The van der Waals surface area contributed by atoms with Crippen LogP contribution in [0.5, 0.6) is 0 Å². The fourth-order valence-corrected chi connectivity index (χ4v) is 3.07. The molecule has 1 fully saturated rings. The van der Waals surface area contributed by atoms with Crippen LogP contribution in [0.4, 0.5) is 0 Å². The Morgan fingerprint density at radius 1 is 1.14 bits per heavy atom. The summed E-state index contributed by atoms with van der Waals surface area (Å²) in [6, 6.07) is 10.8. The van der Waals surface area contributed by atoms with E-state index in [1.54, 1.807) is 7.11 Å². The van der Waals surface area contributed by atoms with Gasteiger partial charge in [0.1, 0.15) is 6.61 Å². The molecule has 2 rings (SSSR count). The summed E-state index contributed by atoms with van der Waals surface area (Å²) >= 11 is 0. The zero-order valence-electron chi connectivity index (χ0n) is 14.0. The molecule has 1 atom stereocenters. The molecule has 1 aromatic carbocycles. The van der Waals surface area contributed by atoms with E-state index in [1.807, 2.05) is 4.90 Å². The third-order valence-corrected chi connectivity index (χ3v) is 4.48. The van der Waals surface area contributed by atoms with Crippen molar-refractivity contribution in [3.8, 4) is 0 Å². The maximum atomic E-state index is 11.8. The second kappa shape index (κ2) is 8.30. The molecular weight excluding hydrogens is 276 g/mol. The van der Waals surface area contributed by atoms with Gasteiger partial charge in [-0.3, -0.25) is 9.69 Å². The van der Waals surface area contributed by atoms with Crippen molar-refractivity contribution in [3.05, 3.63) is 35.9 Å². The van der Waals surface area contributed by atoms with E-state index in [0.717, 1.165) is 32.7 Å². The van der Waals surface area contributed by atoms with Crippen LogP contribution in [0.25, 0.3) is 0 Å². The monoisotopic (exact) mass is 304 g/mol. The largest absolute Gasteiger partial charge is 0.375 e. The second-order valence-corrected chi connectivity index (χ2v) is 6.38. The molecule has 0 spiro atoms. The van der Waals surface area contributed by atoms with E-state index in [9.17, 15) is 4.79 Å². The molecule has 1 amide bonds. The minimum absolute atomic E-state index is 0.102. The van der Waals surface area contributed by atoms with Crippen LogP contribution >= 0.6 is 0 Å². The van der Waals surface area contributed by atoms with Gasteiger partial charge < -0.3 is 9.64 Å². The normalized spacial score (nSPS) is 17.7. The molecule has 1 aromatic rings. The van der Waals surface area contributed by atoms with Crippen molar-refractivity contribution in [2.45, 2.75) is 19.8 Å². The van der Waals surface area contributed by atoms with E-state index in [-0.39, 0.29) is 12.5 Å². The number of methoxy groups -OCH3 is 1. The van der Waals surface area contributed by atoms with Crippen molar-refractivity contribution in [1.82, 2.24) is 9.80 Å². The van der Waals surface area contributed by atoms with Crippen LogP contribution < -0.4 is 0 Å². The van der Waals surface area contributed by atoms with Gasteiger partial charge in [-0.1, -0.05) is 44.2 Å². The molecule has 1 aliphatic rings. The number of ether oxygens (including phenoxy) is 1. The highest BCUT2D eigenvalue weighted by molar-refractivity contribution is 5.77. The van der Waals surface area contributed by atoms with Crippen molar-refractivity contribution in [2.24, 2.45) is 5.92 Å². The lowest BCUT2D eigenvalue weighted by Crippen LogP contribution is -2.50. The highest BCUT2D eigenvalue weighted by atomic mass is 16.5. The van der Waals surface area contributed by atoms with Gasteiger partial charge in [0, 0.05) is 39.8 Å². The standard InChI is InChI=1S/C18H28N2O2/c1-15(2)17(16-7-5-4-6-8-16)13-19-9-11-20(12-10-19)18(21)14-22-3/h4-8,15,17H,9-14H2,1-3H3/t17-/m0/s1. The molecule has 0 aliphatic carbocycles. The Labute approximate surface area is 134 Å². The first-order valence-corrected chi connectivity index (χ1v) is 8.15. The summed E-state index contributed by atoms with van der Waals surface area (Å²) in [6.45, 7) is 9.35. The molecular formula is C18H28N2O2. The second-order valence-electron chi connectivity index (χ2n) is 6.38. The Hall–Kier alpha value is -1.39. The lowest BCUT2D eigenvalue weighted by atomic mass is 9.88. The molecule has 122 valence electrons. The Morgan fingerprint density at radius 2 is 1.77 bits per heavy atom. The Morgan fingerprint density at radius 3 is 2.32 bits per heavy atom. The van der Waals surface area contributed by atoms with Crippen LogP contribution in [0.2, 0.25) is 0 Å². The topological polar surface area (TPSA) is 32.8 Å². The molecule has 0 unspecified atom stereocenters. The maximum absolute atomic E-state index is 11.8. The first-order valence-electron chi connectivity index (χ1n) is 8.15. The lowest BCUT2D eigenvalue weighted by molar-refractivity contribution is -0.136. The summed E-state index contributed by atoms with van der Waals surface area (Å²) in [5, 5.41) is 0. The summed E-state index contributed by atoms with van der Waals surface area (Å²) < 4.78 is 4.93. The first-order chi connectivity index (χ1) is 10.6. The molecule has 4 heteroatoms. The number of rotatable bonds is 6. The van der Waals surface area contributed by atoms with E-state index in [1.165, 1.54) is 5.56 Å². The number of amides is 1. The fraction of sp³-hybridized carbons (Fsp3) is 0.611. The SMILES string of the molecule is COCC(=O)N1CCN(C[C@H](c2ccccc2)C(C)C)CC1. The van der Waals surface area contributed by atoms with Crippen LogP contribution in [0.3, 0.4) is 0 Å². The minimum Gasteiger partial charge on any atom is -0.375 e. The zero-order chi connectivity index (χ0) is 15.9. The average molecular weight is 304 g/mol. The molecule has 0 aromatic heterocycles. The van der Waals surface area contributed by atoms with Gasteiger partial charge in [-0.15, -0.1) is 0 Å². The van der Waals surface area contributed by atoms with Gasteiger partial charge in [0.15, 0.2) is 0 Å². The van der Waals surface area contributed by atoms with Gasteiger partial charge in [-0.2, -0.15) is 0 Å². The van der Waals surface area contributed by atoms with E-state index in [2.05, 4.69) is 49.1 Å². The summed E-state index contributed by atoms with van der Waals surface area (Å²) in [4.78, 5) is 16.2. The van der Waals surface area contributed by atoms with Gasteiger partial charge in [-0.25, -0.2) is 0 Å². The lowest BCUT2D eigenvalue weighted by Gasteiger charge is -2.37. The van der Waals surface area contributed by atoms with Crippen molar-refractivity contribution < 1.29 is 9.53 Å². The van der Waals surface area contributed by atoms with Gasteiger partial charge in [0.25, 0.3) is 0 Å². The van der Waals surface area contributed by atoms with E-state index in [4.69, 9.17) is 4.74 Å². The minimum atomic E-state index is 0.102. The quantitative estimate of drug-likeness (QED) is 0.808. The van der Waals surface area contributed by atoms with Crippen molar-refractivity contribution >= 4 is 5.91 Å². The van der Waals surface area contributed by atoms with Crippen LogP contribution in [-0.2, 0) is 9.53 Å². The Bertz CT molecular complexity index is 453. The summed E-state index contributed by atoms with van der Waals surface area (Å²) in [7, 11) is 1.57. The number of piperazine rings is 1. The summed E-state index contributed by atoms with van der Waals surface area (Å²) in [6.07, 6.45) is 0. The van der Waals surface area contributed by atoms with E-state index >= 15 is 0 Å². The van der Waals surface area contributed by atoms with Gasteiger partial charge in [-0.05, 0) is 17.4 Å². The van der Waals surface area contributed by atoms with Crippen LogP contribution in [0.15, 0.2) is 30.3 Å². The maximum Gasteiger partial charge on any atom is 0.248 e. The Balaban J connectivity index is 1.89. The van der Waals surface area contributed by atoms with E-state index < -0.39 is 0 Å². The number of nitrogens with zero attached hydrogens (tertiary/aromatic N) is 2. The first kappa shape index (κ1) is 17.0. The van der Waals surface area contributed by atoms with Crippen LogP contribution in [0, 0.1) is 5.92 Å². The third kappa shape index (κ3) is 4.55. The third-order valence-electron chi connectivity index (χ3n) is 4.48. The fourth-order valence-electron chi connectivity index (χ4n) is 3.07. The smallest absolute Gasteiger partial charge is 0.248 e. The molecule has 0 radical (unpaired) electrons. The number of hydrogen-bond donors (Lipinski definition) is 0. The molecule has 4 nitrogen and oxygen atoms in total. The predicted molar refractivity (Wildman–Crippen MR) is 88.9 cm³/mol. The number of benzene rings is 1. The number of hydrogen-bond acceptors (Lipinski definition) is 3.